The Hall–Kier alpha value is -2.96. The van der Waals surface area contributed by atoms with Crippen molar-refractivity contribution in [2.45, 2.75) is 25.7 Å². The number of benzene rings is 1. The van der Waals surface area contributed by atoms with E-state index in [9.17, 15) is 9.18 Å². The van der Waals surface area contributed by atoms with E-state index in [0.29, 0.717) is 36.0 Å². The van der Waals surface area contributed by atoms with Crippen molar-refractivity contribution >= 4 is 5.91 Å². The number of amides is 1. The summed E-state index contributed by atoms with van der Waals surface area (Å²) in [5, 5.41) is 3.68. The minimum Gasteiger partial charge on any atom is -0.448 e. The molecule has 1 aliphatic rings. The summed E-state index contributed by atoms with van der Waals surface area (Å²) in [6, 6.07) is 6.13. The summed E-state index contributed by atoms with van der Waals surface area (Å²) in [5.41, 5.74) is 1.95. The summed E-state index contributed by atoms with van der Waals surface area (Å²) in [5.74, 6) is 0.777. The summed E-state index contributed by atoms with van der Waals surface area (Å²) in [7, 11) is 0. The number of aromatic nitrogens is 2. The number of nitrogens with zero attached hydrogens (tertiary/aromatic N) is 3. The maximum Gasteiger partial charge on any atom is 0.259 e. The number of rotatable bonds is 3. The summed E-state index contributed by atoms with van der Waals surface area (Å²) in [6.45, 7) is 2.95. The van der Waals surface area contributed by atoms with Gasteiger partial charge in [-0.05, 0) is 44.0 Å². The Balaban J connectivity index is 1.51. The number of oxazole rings is 1. The van der Waals surface area contributed by atoms with Gasteiger partial charge in [-0.2, -0.15) is 0 Å². The van der Waals surface area contributed by atoms with E-state index in [1.165, 1.54) is 18.3 Å². The molecule has 0 N–H and O–H groups in total. The highest BCUT2D eigenvalue weighted by Gasteiger charge is 2.30. The van der Waals surface area contributed by atoms with Gasteiger partial charge in [-0.1, -0.05) is 5.16 Å². The minimum atomic E-state index is -0.289. The van der Waals surface area contributed by atoms with Crippen molar-refractivity contribution < 1.29 is 18.1 Å². The lowest BCUT2D eigenvalue weighted by Gasteiger charge is -2.31. The fourth-order valence-corrected chi connectivity index (χ4v) is 3.27. The van der Waals surface area contributed by atoms with E-state index < -0.39 is 0 Å². The molecule has 4 rings (SSSR count). The first-order valence-electron chi connectivity index (χ1n) is 8.53. The van der Waals surface area contributed by atoms with Gasteiger partial charge in [-0.25, -0.2) is 9.37 Å². The average molecular weight is 355 g/mol. The van der Waals surface area contributed by atoms with Crippen LogP contribution in [0.15, 0.2) is 45.7 Å². The van der Waals surface area contributed by atoms with Crippen LogP contribution in [0.5, 0.6) is 0 Å². The van der Waals surface area contributed by atoms with Crippen LogP contribution in [0, 0.1) is 12.7 Å². The largest absolute Gasteiger partial charge is 0.448 e. The third-order valence-electron chi connectivity index (χ3n) is 4.70. The SMILES string of the molecule is Cc1oncc1C(=O)N1CCCC(c2nc(-c3ccc(F)cc3)co2)C1. The molecule has 1 atom stereocenters. The molecule has 3 aromatic rings. The van der Waals surface area contributed by atoms with E-state index in [1.54, 1.807) is 30.2 Å². The quantitative estimate of drug-likeness (QED) is 0.715. The van der Waals surface area contributed by atoms with Gasteiger partial charge in [-0.15, -0.1) is 0 Å². The van der Waals surface area contributed by atoms with Gasteiger partial charge in [-0.3, -0.25) is 4.79 Å². The molecule has 0 saturated carbocycles. The van der Waals surface area contributed by atoms with Crippen molar-refractivity contribution in [2.24, 2.45) is 0 Å². The average Bonchev–Trinajstić information content (AvgIpc) is 3.31. The third kappa shape index (κ3) is 3.12. The maximum atomic E-state index is 13.1. The van der Waals surface area contributed by atoms with Crippen molar-refractivity contribution in [2.75, 3.05) is 13.1 Å². The predicted molar refractivity (Wildman–Crippen MR) is 91.0 cm³/mol. The molecule has 134 valence electrons. The van der Waals surface area contributed by atoms with Crippen LogP contribution >= 0.6 is 0 Å². The predicted octanol–water partition coefficient (Wildman–Crippen LogP) is 3.80. The Kier molecular flexibility index (Phi) is 4.28. The fourth-order valence-electron chi connectivity index (χ4n) is 3.27. The van der Waals surface area contributed by atoms with Crippen molar-refractivity contribution in [1.82, 2.24) is 15.0 Å². The van der Waals surface area contributed by atoms with Crippen molar-refractivity contribution in [3.05, 3.63) is 59.8 Å². The number of hydrogen-bond acceptors (Lipinski definition) is 5. The Labute approximate surface area is 149 Å². The van der Waals surface area contributed by atoms with Crippen molar-refractivity contribution in [1.29, 1.82) is 0 Å². The number of carbonyl (C=O) groups excluding carboxylic acids is 1. The standard InChI is InChI=1S/C19H18FN3O3/c1-12-16(9-21-26-12)19(24)23-8-2-3-14(10-23)18-22-17(11-25-18)13-4-6-15(20)7-5-13/h4-7,9,11,14H,2-3,8,10H2,1H3. The van der Waals surface area contributed by atoms with Crippen molar-refractivity contribution in [3.63, 3.8) is 0 Å². The number of piperidine rings is 1. The molecule has 1 unspecified atom stereocenters. The van der Waals surface area contributed by atoms with Crippen LogP contribution in [0.1, 0.15) is 40.8 Å². The summed E-state index contributed by atoms with van der Waals surface area (Å²) in [6.07, 6.45) is 4.80. The first kappa shape index (κ1) is 16.5. The highest BCUT2D eigenvalue weighted by molar-refractivity contribution is 5.94. The van der Waals surface area contributed by atoms with Gasteiger partial charge in [0.1, 0.15) is 29.1 Å². The van der Waals surface area contributed by atoms with E-state index in [0.717, 1.165) is 18.4 Å². The zero-order chi connectivity index (χ0) is 18.1. The van der Waals surface area contributed by atoms with Crippen LogP contribution in [0.3, 0.4) is 0 Å². The van der Waals surface area contributed by atoms with Gasteiger partial charge in [0.25, 0.3) is 5.91 Å². The van der Waals surface area contributed by atoms with E-state index in [-0.39, 0.29) is 17.6 Å². The van der Waals surface area contributed by atoms with E-state index in [1.807, 2.05) is 0 Å². The van der Waals surface area contributed by atoms with E-state index in [2.05, 4.69) is 10.1 Å². The second-order valence-corrected chi connectivity index (χ2v) is 6.46. The normalized spacial score (nSPS) is 17.5. The highest BCUT2D eigenvalue weighted by Crippen LogP contribution is 2.30. The second-order valence-electron chi connectivity index (χ2n) is 6.46. The highest BCUT2D eigenvalue weighted by atomic mass is 19.1. The van der Waals surface area contributed by atoms with Crippen LogP contribution < -0.4 is 0 Å². The number of aryl methyl sites for hydroxylation is 1. The Bertz CT molecular complexity index is 916. The molecule has 0 bridgehead atoms. The molecule has 26 heavy (non-hydrogen) atoms. The smallest absolute Gasteiger partial charge is 0.259 e. The zero-order valence-electron chi connectivity index (χ0n) is 14.3. The maximum absolute atomic E-state index is 13.1. The molecule has 1 saturated heterocycles. The lowest BCUT2D eigenvalue weighted by Crippen LogP contribution is -2.39. The molecule has 6 nitrogen and oxygen atoms in total. The summed E-state index contributed by atoms with van der Waals surface area (Å²) >= 11 is 0. The lowest BCUT2D eigenvalue weighted by atomic mass is 9.97. The van der Waals surface area contributed by atoms with E-state index in [4.69, 9.17) is 8.94 Å². The molecule has 0 radical (unpaired) electrons. The fraction of sp³-hybridized carbons (Fsp3) is 0.316. The Morgan fingerprint density at radius 1 is 1.31 bits per heavy atom. The summed E-state index contributed by atoms with van der Waals surface area (Å²) in [4.78, 5) is 19.0. The molecular formula is C19H18FN3O3. The van der Waals surface area contributed by atoms with Crippen molar-refractivity contribution in [3.8, 4) is 11.3 Å². The third-order valence-corrected chi connectivity index (χ3v) is 4.70. The van der Waals surface area contributed by atoms with Gasteiger partial charge in [0.2, 0.25) is 0 Å². The zero-order valence-corrected chi connectivity index (χ0v) is 14.3. The Morgan fingerprint density at radius 3 is 2.85 bits per heavy atom. The number of carbonyl (C=O) groups is 1. The number of hydrogen-bond donors (Lipinski definition) is 0. The first-order valence-corrected chi connectivity index (χ1v) is 8.53. The summed E-state index contributed by atoms with van der Waals surface area (Å²) < 4.78 is 23.7. The molecule has 2 aromatic heterocycles. The molecule has 7 heteroatoms. The molecule has 1 fully saturated rings. The number of halogens is 1. The van der Waals surface area contributed by atoms with E-state index >= 15 is 0 Å². The van der Waals surface area contributed by atoms with Crippen LogP contribution in [0.25, 0.3) is 11.3 Å². The minimum absolute atomic E-state index is 0.0297. The van der Waals surface area contributed by atoms with Gasteiger partial charge < -0.3 is 13.8 Å². The van der Waals surface area contributed by atoms with Gasteiger partial charge >= 0.3 is 0 Å². The first-order chi connectivity index (χ1) is 12.6. The molecule has 3 heterocycles. The van der Waals surface area contributed by atoms with Crippen LogP contribution in [-0.2, 0) is 0 Å². The lowest BCUT2D eigenvalue weighted by molar-refractivity contribution is 0.0696. The van der Waals surface area contributed by atoms with Gasteiger partial charge in [0.15, 0.2) is 5.89 Å². The van der Waals surface area contributed by atoms with Crippen LogP contribution in [0.2, 0.25) is 0 Å². The Morgan fingerprint density at radius 2 is 2.12 bits per heavy atom. The van der Waals surface area contributed by atoms with Gasteiger partial charge in [0, 0.05) is 18.7 Å². The molecule has 0 spiro atoms. The molecular weight excluding hydrogens is 337 g/mol. The molecule has 1 aliphatic heterocycles. The van der Waals surface area contributed by atoms with Crippen LogP contribution in [-0.4, -0.2) is 34.0 Å². The molecule has 0 aliphatic carbocycles. The molecule has 1 aromatic carbocycles. The monoisotopic (exact) mass is 355 g/mol. The van der Waals surface area contributed by atoms with Crippen LogP contribution in [0.4, 0.5) is 4.39 Å². The van der Waals surface area contributed by atoms with Gasteiger partial charge in [0.05, 0.1) is 12.1 Å². The second kappa shape index (κ2) is 6.74. The molecule has 1 amide bonds. The topological polar surface area (TPSA) is 72.4 Å². The number of likely N-dealkylation sites (tertiary alicyclic amines) is 1.